The predicted octanol–water partition coefficient (Wildman–Crippen LogP) is 4.42. The molecule has 2 heterocycles. The first-order valence-corrected chi connectivity index (χ1v) is 15.4. The normalized spacial score (nSPS) is 17.0. The van der Waals surface area contributed by atoms with Gasteiger partial charge in [0, 0.05) is 50.7 Å². The first-order valence-electron chi connectivity index (χ1n) is 13.1. The van der Waals surface area contributed by atoms with Gasteiger partial charge in [0.15, 0.2) is 0 Å². The van der Waals surface area contributed by atoms with Crippen LogP contribution in [0.1, 0.15) is 76.6 Å². The zero-order valence-corrected chi connectivity index (χ0v) is 23.9. The summed E-state index contributed by atoms with van der Waals surface area (Å²) in [6.07, 6.45) is 6.85. The van der Waals surface area contributed by atoms with Crippen molar-refractivity contribution in [1.29, 1.82) is 0 Å². The largest absolute Gasteiger partial charge is 0.345 e. The number of benzene rings is 1. The van der Waals surface area contributed by atoms with E-state index in [-0.39, 0.29) is 22.8 Å². The number of fused-ring (bicyclic) bond motifs is 1. The van der Waals surface area contributed by atoms with Crippen LogP contribution in [0.4, 0.5) is 5.00 Å². The number of amides is 2. The molecule has 2 aliphatic rings. The number of rotatable bonds is 8. The fraction of sp³-hybridized carbons (Fsp3) is 0.556. The highest BCUT2D eigenvalue weighted by atomic mass is 32.2. The van der Waals surface area contributed by atoms with Gasteiger partial charge in [-0.05, 0) is 62.1 Å². The molecule has 4 rings (SSSR count). The van der Waals surface area contributed by atoms with Gasteiger partial charge in [-0.15, -0.1) is 11.3 Å². The zero-order valence-electron chi connectivity index (χ0n) is 22.2. The van der Waals surface area contributed by atoms with Crippen LogP contribution in [0.2, 0.25) is 0 Å². The molecule has 1 N–H and O–H groups in total. The van der Waals surface area contributed by atoms with E-state index in [1.165, 1.54) is 27.8 Å². The number of hydrogen-bond donors (Lipinski definition) is 1. The van der Waals surface area contributed by atoms with Gasteiger partial charge in [-0.25, -0.2) is 8.42 Å². The van der Waals surface area contributed by atoms with E-state index in [0.29, 0.717) is 16.1 Å². The van der Waals surface area contributed by atoms with Crippen LogP contribution in [-0.4, -0.2) is 74.6 Å². The molecule has 0 saturated heterocycles. The average Bonchev–Trinajstić information content (AvgIpc) is 3.25. The second-order valence-corrected chi connectivity index (χ2v) is 13.3. The van der Waals surface area contributed by atoms with Gasteiger partial charge in [0.1, 0.15) is 5.00 Å². The summed E-state index contributed by atoms with van der Waals surface area (Å²) in [5.74, 6) is -0.481. The van der Waals surface area contributed by atoms with Crippen LogP contribution in [0.25, 0.3) is 0 Å². The van der Waals surface area contributed by atoms with Crippen molar-refractivity contribution < 1.29 is 18.0 Å². The first-order chi connectivity index (χ1) is 17.6. The summed E-state index contributed by atoms with van der Waals surface area (Å²) in [4.78, 5) is 31.5. The molecule has 1 aromatic heterocycles. The lowest BCUT2D eigenvalue weighted by Crippen LogP contribution is -2.38. The molecular formula is C27H38N4O4S2. The van der Waals surface area contributed by atoms with Crippen LogP contribution in [0, 0.1) is 0 Å². The third-order valence-corrected chi connectivity index (χ3v) is 10.5. The second-order valence-electron chi connectivity index (χ2n) is 10.2. The Kier molecular flexibility index (Phi) is 8.73. The third-order valence-electron chi connectivity index (χ3n) is 7.41. The Morgan fingerprint density at radius 1 is 1.08 bits per heavy atom. The van der Waals surface area contributed by atoms with Crippen molar-refractivity contribution in [3.63, 3.8) is 0 Å². The number of carbonyl (C=O) groups is 2. The molecular weight excluding hydrogens is 508 g/mol. The van der Waals surface area contributed by atoms with E-state index in [1.807, 2.05) is 0 Å². The van der Waals surface area contributed by atoms with Crippen LogP contribution in [0.5, 0.6) is 0 Å². The molecule has 1 aliphatic heterocycles. The molecule has 0 bridgehead atoms. The van der Waals surface area contributed by atoms with Crippen molar-refractivity contribution >= 4 is 38.2 Å². The van der Waals surface area contributed by atoms with Crippen LogP contribution in [0.15, 0.2) is 29.2 Å². The van der Waals surface area contributed by atoms with Gasteiger partial charge in [-0.2, -0.15) is 4.31 Å². The molecule has 1 fully saturated rings. The maximum atomic E-state index is 13.2. The first kappa shape index (κ1) is 27.8. The van der Waals surface area contributed by atoms with E-state index in [9.17, 15) is 18.0 Å². The van der Waals surface area contributed by atoms with Gasteiger partial charge in [0.2, 0.25) is 10.0 Å². The molecule has 1 aromatic carbocycles. The molecule has 10 heteroatoms. The van der Waals surface area contributed by atoms with Crippen molar-refractivity contribution in [1.82, 2.24) is 14.1 Å². The second kappa shape index (κ2) is 11.6. The van der Waals surface area contributed by atoms with E-state index < -0.39 is 10.0 Å². The number of nitrogens with zero attached hydrogens (tertiary/aromatic N) is 3. The lowest BCUT2D eigenvalue weighted by atomic mass is 9.96. The van der Waals surface area contributed by atoms with Gasteiger partial charge < -0.3 is 10.2 Å². The maximum Gasteiger partial charge on any atom is 0.256 e. The number of hydrogen-bond acceptors (Lipinski definition) is 6. The molecule has 0 atom stereocenters. The molecule has 0 radical (unpaired) electrons. The van der Waals surface area contributed by atoms with Gasteiger partial charge in [-0.3, -0.25) is 14.5 Å². The summed E-state index contributed by atoms with van der Waals surface area (Å²) in [6.45, 7) is 4.82. The summed E-state index contributed by atoms with van der Waals surface area (Å²) in [7, 11) is 1.45. The fourth-order valence-electron chi connectivity index (χ4n) is 5.26. The summed E-state index contributed by atoms with van der Waals surface area (Å²) in [5, 5.41) is 3.51. The minimum atomic E-state index is -3.63. The van der Waals surface area contributed by atoms with Crippen LogP contribution in [-0.2, 0) is 23.0 Å². The average molecular weight is 547 g/mol. The van der Waals surface area contributed by atoms with Crippen LogP contribution >= 0.6 is 11.3 Å². The zero-order chi connectivity index (χ0) is 26.7. The number of nitrogens with one attached hydrogen (secondary N) is 1. The van der Waals surface area contributed by atoms with Crippen LogP contribution < -0.4 is 5.32 Å². The Labute approximate surface area is 224 Å². The Hall–Kier alpha value is -2.27. The van der Waals surface area contributed by atoms with Gasteiger partial charge >= 0.3 is 0 Å². The summed E-state index contributed by atoms with van der Waals surface area (Å²) >= 11 is 1.46. The molecule has 2 amide bonds. The van der Waals surface area contributed by atoms with Crippen molar-refractivity contribution in [2.75, 3.05) is 39.5 Å². The lowest BCUT2D eigenvalue weighted by molar-refractivity contribution is 0.0827. The Balaban J connectivity index is 1.54. The highest BCUT2D eigenvalue weighted by molar-refractivity contribution is 7.89. The minimum Gasteiger partial charge on any atom is -0.345 e. The molecule has 1 saturated carbocycles. The number of anilines is 1. The lowest BCUT2D eigenvalue weighted by Gasteiger charge is -2.30. The van der Waals surface area contributed by atoms with Gasteiger partial charge in [0.05, 0.1) is 10.5 Å². The minimum absolute atomic E-state index is 0.0208. The molecule has 1 aliphatic carbocycles. The Morgan fingerprint density at radius 2 is 1.76 bits per heavy atom. The quantitative estimate of drug-likeness (QED) is 0.529. The van der Waals surface area contributed by atoms with E-state index in [2.05, 4.69) is 17.1 Å². The topological polar surface area (TPSA) is 90.0 Å². The number of carbonyl (C=O) groups excluding carboxylic acids is 2. The van der Waals surface area contributed by atoms with Gasteiger partial charge in [-0.1, -0.05) is 26.2 Å². The van der Waals surface area contributed by atoms with E-state index >= 15 is 0 Å². The van der Waals surface area contributed by atoms with Crippen LogP contribution in [0.3, 0.4) is 0 Å². The van der Waals surface area contributed by atoms with Crippen molar-refractivity contribution in [3.05, 3.63) is 45.8 Å². The standard InChI is InChI=1S/C27H38N4O4S2/c1-5-16-31-17-15-22-23(18-31)36-26(24(22)27(33)29(2)3)28-25(32)19-11-13-21(14-12-19)37(34,35)30(4)20-9-7-6-8-10-20/h11-14,20H,5-10,15-18H2,1-4H3,(H,28,32). The van der Waals surface area contributed by atoms with Crippen molar-refractivity contribution in [3.8, 4) is 0 Å². The summed E-state index contributed by atoms with van der Waals surface area (Å²) < 4.78 is 27.8. The molecule has 0 spiro atoms. The SMILES string of the molecule is CCCN1CCc2c(sc(NC(=O)c3ccc(S(=O)(=O)N(C)C4CCCCC4)cc3)c2C(=O)N(C)C)C1. The highest BCUT2D eigenvalue weighted by Crippen LogP contribution is 2.38. The van der Waals surface area contributed by atoms with E-state index in [1.54, 1.807) is 38.2 Å². The molecule has 8 nitrogen and oxygen atoms in total. The maximum absolute atomic E-state index is 13.2. The Morgan fingerprint density at radius 3 is 2.38 bits per heavy atom. The number of thiophene rings is 1. The van der Waals surface area contributed by atoms with Crippen molar-refractivity contribution in [2.45, 2.75) is 69.4 Å². The number of sulfonamides is 1. The van der Waals surface area contributed by atoms with E-state index in [0.717, 1.165) is 75.0 Å². The smallest absolute Gasteiger partial charge is 0.256 e. The summed E-state index contributed by atoms with van der Waals surface area (Å²) in [6, 6.07) is 6.10. The molecule has 37 heavy (non-hydrogen) atoms. The predicted molar refractivity (Wildman–Crippen MR) is 148 cm³/mol. The highest BCUT2D eigenvalue weighted by Gasteiger charge is 2.31. The Bertz CT molecular complexity index is 1230. The summed E-state index contributed by atoms with van der Waals surface area (Å²) in [5.41, 5.74) is 1.95. The fourth-order valence-corrected chi connectivity index (χ4v) is 7.96. The third kappa shape index (κ3) is 5.92. The molecule has 0 unspecified atom stereocenters. The molecule has 202 valence electrons. The van der Waals surface area contributed by atoms with Gasteiger partial charge in [0.25, 0.3) is 11.8 Å². The van der Waals surface area contributed by atoms with E-state index in [4.69, 9.17) is 0 Å². The molecule has 2 aromatic rings. The monoisotopic (exact) mass is 546 g/mol. The van der Waals surface area contributed by atoms with Crippen molar-refractivity contribution in [2.24, 2.45) is 0 Å².